The molecule has 1 aliphatic rings. The SMILES string of the molecule is CC1CCN(C(=O)N(C(=O)C(C)(C)Oc2ccc(Cl)cc2)c2ccccc2)CC1. The number of carbonyl (C=O) groups is 2. The molecule has 0 N–H and O–H groups in total. The molecule has 0 radical (unpaired) electrons. The fourth-order valence-electron chi connectivity index (χ4n) is 3.34. The van der Waals surface area contributed by atoms with Crippen molar-refractivity contribution in [2.24, 2.45) is 5.92 Å². The van der Waals surface area contributed by atoms with E-state index in [1.165, 1.54) is 4.90 Å². The summed E-state index contributed by atoms with van der Waals surface area (Å²) >= 11 is 5.93. The third-order valence-electron chi connectivity index (χ3n) is 5.16. The molecule has 5 nitrogen and oxygen atoms in total. The second-order valence-corrected chi connectivity index (χ2v) is 8.43. The van der Waals surface area contributed by atoms with Crippen LogP contribution in [0.2, 0.25) is 5.02 Å². The first-order valence-corrected chi connectivity index (χ1v) is 10.3. The lowest BCUT2D eigenvalue weighted by molar-refractivity contribution is -0.130. The van der Waals surface area contributed by atoms with Crippen LogP contribution in [0.25, 0.3) is 0 Å². The molecule has 0 atom stereocenters. The van der Waals surface area contributed by atoms with E-state index in [9.17, 15) is 9.59 Å². The summed E-state index contributed by atoms with van der Waals surface area (Å²) in [5.74, 6) is 0.687. The molecular weight excluding hydrogens is 388 g/mol. The van der Waals surface area contributed by atoms with Crippen molar-refractivity contribution >= 4 is 29.2 Å². The zero-order valence-electron chi connectivity index (χ0n) is 17.1. The Bertz CT molecular complexity index is 844. The summed E-state index contributed by atoms with van der Waals surface area (Å²) in [6, 6.07) is 15.5. The van der Waals surface area contributed by atoms with Gasteiger partial charge in [0.1, 0.15) is 5.75 Å². The van der Waals surface area contributed by atoms with Gasteiger partial charge in [-0.15, -0.1) is 0 Å². The first kappa shape index (κ1) is 21.2. The largest absolute Gasteiger partial charge is 0.478 e. The van der Waals surface area contributed by atoms with Gasteiger partial charge in [-0.2, -0.15) is 0 Å². The standard InChI is InChI=1S/C23H27ClN2O3/c1-17-13-15-25(16-14-17)22(28)26(19-7-5-4-6-8-19)21(27)23(2,3)29-20-11-9-18(24)10-12-20/h4-12,17H,13-16H2,1-3H3. The van der Waals surface area contributed by atoms with E-state index in [-0.39, 0.29) is 6.03 Å². The van der Waals surface area contributed by atoms with Gasteiger partial charge in [-0.25, -0.2) is 9.69 Å². The van der Waals surface area contributed by atoms with Gasteiger partial charge >= 0.3 is 6.03 Å². The molecule has 29 heavy (non-hydrogen) atoms. The highest BCUT2D eigenvalue weighted by atomic mass is 35.5. The number of piperidine rings is 1. The fraction of sp³-hybridized carbons (Fsp3) is 0.391. The number of carbonyl (C=O) groups excluding carboxylic acids is 2. The highest BCUT2D eigenvalue weighted by Gasteiger charge is 2.40. The molecule has 3 amide bonds. The number of halogens is 1. The molecule has 2 aromatic rings. The molecular formula is C23H27ClN2O3. The number of imide groups is 1. The van der Waals surface area contributed by atoms with E-state index in [2.05, 4.69) is 6.92 Å². The number of benzene rings is 2. The zero-order valence-corrected chi connectivity index (χ0v) is 17.9. The van der Waals surface area contributed by atoms with Crippen molar-refractivity contribution in [3.05, 3.63) is 59.6 Å². The quantitative estimate of drug-likeness (QED) is 0.674. The summed E-state index contributed by atoms with van der Waals surface area (Å²) in [5.41, 5.74) is -0.712. The number of amides is 3. The topological polar surface area (TPSA) is 49.9 Å². The van der Waals surface area contributed by atoms with Crippen LogP contribution in [0.5, 0.6) is 5.75 Å². The summed E-state index contributed by atoms with van der Waals surface area (Å²) in [6.45, 7) is 6.83. The first-order valence-electron chi connectivity index (χ1n) is 9.91. The monoisotopic (exact) mass is 414 g/mol. The van der Waals surface area contributed by atoms with Crippen molar-refractivity contribution in [1.29, 1.82) is 0 Å². The van der Waals surface area contributed by atoms with Gasteiger partial charge in [-0.1, -0.05) is 36.7 Å². The highest BCUT2D eigenvalue weighted by molar-refractivity contribution is 6.30. The molecule has 0 saturated carbocycles. The normalized spacial score (nSPS) is 15.1. The van der Waals surface area contributed by atoms with Crippen LogP contribution in [0.3, 0.4) is 0 Å². The van der Waals surface area contributed by atoms with Crippen LogP contribution in [-0.2, 0) is 4.79 Å². The number of nitrogens with zero attached hydrogens (tertiary/aromatic N) is 2. The van der Waals surface area contributed by atoms with Crippen LogP contribution in [0.4, 0.5) is 10.5 Å². The second-order valence-electron chi connectivity index (χ2n) is 7.99. The summed E-state index contributed by atoms with van der Waals surface area (Å²) in [6.07, 6.45) is 1.88. The van der Waals surface area contributed by atoms with Gasteiger partial charge in [0.25, 0.3) is 5.91 Å². The Morgan fingerprint density at radius 3 is 2.21 bits per heavy atom. The predicted molar refractivity (Wildman–Crippen MR) is 115 cm³/mol. The minimum absolute atomic E-state index is 0.305. The summed E-state index contributed by atoms with van der Waals surface area (Å²) in [4.78, 5) is 29.9. The van der Waals surface area contributed by atoms with Crippen molar-refractivity contribution in [3.63, 3.8) is 0 Å². The van der Waals surface area contributed by atoms with Gasteiger partial charge in [0, 0.05) is 18.1 Å². The lowest BCUT2D eigenvalue weighted by Gasteiger charge is -2.37. The number of rotatable bonds is 4. The predicted octanol–water partition coefficient (Wildman–Crippen LogP) is 5.38. The Hall–Kier alpha value is -2.53. The molecule has 6 heteroatoms. The van der Waals surface area contributed by atoms with E-state index in [0.29, 0.717) is 35.5 Å². The number of hydrogen-bond donors (Lipinski definition) is 0. The number of ether oxygens (including phenoxy) is 1. The van der Waals surface area contributed by atoms with Crippen LogP contribution in [0.15, 0.2) is 54.6 Å². The van der Waals surface area contributed by atoms with Gasteiger partial charge in [-0.05, 0) is 69.0 Å². The molecule has 0 aliphatic carbocycles. The molecule has 1 saturated heterocycles. The molecule has 3 rings (SSSR count). The Morgan fingerprint density at radius 1 is 1.03 bits per heavy atom. The average molecular weight is 415 g/mol. The van der Waals surface area contributed by atoms with Gasteiger partial charge in [0.2, 0.25) is 0 Å². The molecule has 1 heterocycles. The van der Waals surface area contributed by atoms with Crippen molar-refractivity contribution in [1.82, 2.24) is 4.90 Å². The number of urea groups is 1. The van der Waals surface area contributed by atoms with Gasteiger partial charge in [0.15, 0.2) is 5.60 Å². The molecule has 2 aromatic carbocycles. The smallest absolute Gasteiger partial charge is 0.331 e. The van der Waals surface area contributed by atoms with Gasteiger partial charge < -0.3 is 9.64 Å². The lowest BCUT2D eigenvalue weighted by Crippen LogP contribution is -2.56. The van der Waals surface area contributed by atoms with E-state index >= 15 is 0 Å². The molecule has 0 unspecified atom stereocenters. The maximum atomic E-state index is 13.5. The number of hydrogen-bond acceptors (Lipinski definition) is 3. The highest BCUT2D eigenvalue weighted by Crippen LogP contribution is 2.27. The Kier molecular flexibility index (Phi) is 6.48. The average Bonchev–Trinajstić information content (AvgIpc) is 2.71. The number of anilines is 1. The van der Waals surface area contributed by atoms with Gasteiger partial charge in [-0.3, -0.25) is 4.79 Å². The van der Waals surface area contributed by atoms with E-state index in [0.717, 1.165) is 12.8 Å². The number of para-hydroxylation sites is 1. The molecule has 1 fully saturated rings. The van der Waals surface area contributed by atoms with E-state index in [1.54, 1.807) is 55.1 Å². The van der Waals surface area contributed by atoms with E-state index in [4.69, 9.17) is 16.3 Å². The Morgan fingerprint density at radius 2 is 1.62 bits per heavy atom. The first-order chi connectivity index (χ1) is 13.8. The fourth-order valence-corrected chi connectivity index (χ4v) is 3.47. The molecule has 0 bridgehead atoms. The van der Waals surface area contributed by atoms with Gasteiger partial charge in [0.05, 0.1) is 5.69 Å². The molecule has 0 spiro atoms. The van der Waals surface area contributed by atoms with Crippen molar-refractivity contribution in [2.45, 2.75) is 39.2 Å². The van der Waals surface area contributed by atoms with E-state index < -0.39 is 11.5 Å². The summed E-state index contributed by atoms with van der Waals surface area (Å²) in [7, 11) is 0. The maximum absolute atomic E-state index is 13.5. The van der Waals surface area contributed by atoms with Crippen LogP contribution in [0.1, 0.15) is 33.6 Å². The van der Waals surface area contributed by atoms with Crippen LogP contribution in [-0.4, -0.2) is 35.5 Å². The minimum atomic E-state index is -1.25. The Balaban J connectivity index is 1.87. The van der Waals surface area contributed by atoms with Crippen molar-refractivity contribution < 1.29 is 14.3 Å². The summed E-state index contributed by atoms with van der Waals surface area (Å²) < 4.78 is 5.96. The second kappa shape index (κ2) is 8.87. The molecule has 1 aliphatic heterocycles. The minimum Gasteiger partial charge on any atom is -0.478 e. The third kappa shape index (κ3) is 5.10. The number of likely N-dealkylation sites (tertiary alicyclic amines) is 1. The molecule has 154 valence electrons. The Labute approximate surface area is 177 Å². The van der Waals surface area contributed by atoms with Crippen LogP contribution in [0, 0.1) is 5.92 Å². The molecule has 0 aromatic heterocycles. The van der Waals surface area contributed by atoms with E-state index in [1.807, 2.05) is 18.2 Å². The van der Waals surface area contributed by atoms with Crippen molar-refractivity contribution in [2.75, 3.05) is 18.0 Å². The lowest BCUT2D eigenvalue weighted by atomic mass is 9.99. The third-order valence-corrected chi connectivity index (χ3v) is 5.42. The van der Waals surface area contributed by atoms with Crippen molar-refractivity contribution in [3.8, 4) is 5.75 Å². The zero-order chi connectivity index (χ0) is 21.0. The summed E-state index contributed by atoms with van der Waals surface area (Å²) in [5, 5.41) is 0.585. The maximum Gasteiger partial charge on any atom is 0.331 e. The van der Waals surface area contributed by atoms with Crippen LogP contribution >= 0.6 is 11.6 Å². The van der Waals surface area contributed by atoms with Crippen LogP contribution < -0.4 is 9.64 Å².